The summed E-state index contributed by atoms with van der Waals surface area (Å²) in [4.78, 5) is 17.9. The normalized spacial score (nSPS) is 11.9. The molecule has 8 nitrogen and oxygen atoms in total. The number of hydrogen-bond acceptors (Lipinski definition) is 6. The minimum Gasteiger partial charge on any atom is -0.418 e. The molecular weight excluding hydrogens is 693 g/mol. The third kappa shape index (κ3) is 4.66. The van der Waals surface area contributed by atoms with Gasteiger partial charge in [0.05, 0.1) is 22.1 Å². The molecule has 0 N–H and O–H groups in total. The number of rotatable bonds is 5. The van der Waals surface area contributed by atoms with Crippen LogP contribution in [0.1, 0.15) is 0 Å². The van der Waals surface area contributed by atoms with Crippen molar-refractivity contribution in [2.24, 2.45) is 0 Å². The van der Waals surface area contributed by atoms with E-state index in [4.69, 9.17) is 8.83 Å². The predicted molar refractivity (Wildman–Crippen MR) is 222 cm³/mol. The average molecular weight is 721 g/mol. The molecule has 8 heteroatoms. The first-order chi connectivity index (χ1) is 27.7. The van der Waals surface area contributed by atoms with E-state index >= 15 is 0 Å². The molecule has 262 valence electrons. The summed E-state index contributed by atoms with van der Waals surface area (Å²) in [5.74, 6) is 1.12. The lowest BCUT2D eigenvalue weighted by Crippen LogP contribution is -1.94. The second-order valence-electron chi connectivity index (χ2n) is 14.0. The van der Waals surface area contributed by atoms with Crippen LogP contribution in [0, 0.1) is 0 Å². The van der Waals surface area contributed by atoms with Gasteiger partial charge in [-0.15, -0.1) is 0 Å². The van der Waals surface area contributed by atoms with Gasteiger partial charge in [-0.05, 0) is 120 Å². The molecule has 0 fully saturated rings. The third-order valence-electron chi connectivity index (χ3n) is 10.8. The van der Waals surface area contributed by atoms with Gasteiger partial charge in [0, 0.05) is 56.4 Å². The lowest BCUT2D eigenvalue weighted by Gasteiger charge is -2.10. The van der Waals surface area contributed by atoms with Crippen molar-refractivity contribution in [1.29, 1.82) is 0 Å². The summed E-state index contributed by atoms with van der Waals surface area (Å²) >= 11 is 0. The Balaban J connectivity index is 0.936. The molecule has 0 aliphatic rings. The van der Waals surface area contributed by atoms with E-state index in [0.29, 0.717) is 23.2 Å². The van der Waals surface area contributed by atoms with Gasteiger partial charge >= 0.3 is 0 Å². The molecule has 0 aliphatic heterocycles. The highest BCUT2D eigenvalue weighted by molar-refractivity contribution is 6.12. The molecule has 0 unspecified atom stereocenters. The van der Waals surface area contributed by atoms with Crippen molar-refractivity contribution in [2.45, 2.75) is 0 Å². The number of para-hydroxylation sites is 2. The first kappa shape index (κ1) is 30.6. The summed E-state index contributed by atoms with van der Waals surface area (Å²) in [6.45, 7) is 0. The summed E-state index contributed by atoms with van der Waals surface area (Å²) in [5.41, 5.74) is 13.4. The van der Waals surface area contributed by atoms with Crippen LogP contribution in [0.15, 0.2) is 179 Å². The zero-order chi connectivity index (χ0) is 36.7. The molecule has 12 rings (SSSR count). The smallest absolute Gasteiger partial charge is 0.247 e. The summed E-state index contributed by atoms with van der Waals surface area (Å²) in [6, 6.07) is 55.1. The Hall–Kier alpha value is -7.84. The highest BCUT2D eigenvalue weighted by atomic mass is 16.4. The maximum Gasteiger partial charge on any atom is 0.247 e. The predicted octanol–water partition coefficient (Wildman–Crippen LogP) is 12.0. The van der Waals surface area contributed by atoms with Crippen LogP contribution in [0.2, 0.25) is 0 Å². The van der Waals surface area contributed by atoms with E-state index in [-0.39, 0.29) is 0 Å². The van der Waals surface area contributed by atoms with Gasteiger partial charge in [-0.3, -0.25) is 0 Å². The molecule has 0 spiro atoms. The van der Waals surface area contributed by atoms with Gasteiger partial charge in [0.2, 0.25) is 23.2 Å². The Bertz CT molecular complexity index is 3180. The van der Waals surface area contributed by atoms with Crippen LogP contribution in [0.4, 0.5) is 0 Å². The number of nitrogens with zero attached hydrogens (tertiary/aromatic N) is 6. The highest BCUT2D eigenvalue weighted by Gasteiger charge is 2.17. The average Bonchev–Trinajstić information content (AvgIpc) is 4.04. The quantitative estimate of drug-likeness (QED) is 0.176. The minimum absolute atomic E-state index is 0.538. The number of fused-ring (bicyclic) bond motifs is 8. The first-order valence-electron chi connectivity index (χ1n) is 18.5. The van der Waals surface area contributed by atoms with E-state index in [2.05, 4.69) is 163 Å². The molecule has 0 bridgehead atoms. The SMILES string of the molecule is c1cnc2oc(-c3ccc(-n4c5ccccc5c5cc(-c6ccc7c(c6)c6ccccc6n7-c6ccc(-c7nc8cccnc8o7)cc6)ccc54)cc3)nc2c1. The number of benzene rings is 6. The molecule has 0 saturated carbocycles. The van der Waals surface area contributed by atoms with E-state index in [1.165, 1.54) is 21.5 Å². The fraction of sp³-hybridized carbons (Fsp3) is 0. The molecule has 6 aromatic heterocycles. The van der Waals surface area contributed by atoms with E-state index in [1.54, 1.807) is 12.4 Å². The van der Waals surface area contributed by atoms with E-state index in [1.807, 2.05) is 24.3 Å². The lowest BCUT2D eigenvalue weighted by atomic mass is 10.0. The monoisotopic (exact) mass is 720 g/mol. The zero-order valence-electron chi connectivity index (χ0n) is 29.7. The Morgan fingerprint density at radius 2 is 0.768 bits per heavy atom. The van der Waals surface area contributed by atoms with Gasteiger partial charge < -0.3 is 18.0 Å². The van der Waals surface area contributed by atoms with Crippen LogP contribution in [0.25, 0.3) is 111 Å². The van der Waals surface area contributed by atoms with Crippen LogP contribution >= 0.6 is 0 Å². The maximum atomic E-state index is 5.95. The van der Waals surface area contributed by atoms with Crippen molar-refractivity contribution >= 4 is 66.1 Å². The second kappa shape index (κ2) is 11.8. The summed E-state index contributed by atoms with van der Waals surface area (Å²) < 4.78 is 16.5. The van der Waals surface area contributed by atoms with Crippen molar-refractivity contribution in [3.05, 3.63) is 170 Å². The van der Waals surface area contributed by atoms with Crippen LogP contribution < -0.4 is 0 Å². The zero-order valence-corrected chi connectivity index (χ0v) is 29.7. The van der Waals surface area contributed by atoms with Gasteiger partial charge in [0.15, 0.2) is 0 Å². The lowest BCUT2D eigenvalue weighted by molar-refractivity contribution is 0.607. The second-order valence-corrected chi connectivity index (χ2v) is 14.0. The van der Waals surface area contributed by atoms with Crippen LogP contribution in [0.3, 0.4) is 0 Å². The molecule has 0 amide bonds. The van der Waals surface area contributed by atoms with Gasteiger partial charge in [0.1, 0.15) is 11.0 Å². The number of pyridine rings is 2. The van der Waals surface area contributed by atoms with Gasteiger partial charge in [-0.2, -0.15) is 0 Å². The maximum absolute atomic E-state index is 5.95. The summed E-state index contributed by atoms with van der Waals surface area (Å²) in [7, 11) is 0. The number of oxazole rings is 2. The summed E-state index contributed by atoms with van der Waals surface area (Å²) in [6.07, 6.45) is 3.43. The molecule has 0 radical (unpaired) electrons. The number of aromatic nitrogens is 6. The van der Waals surface area contributed by atoms with Crippen molar-refractivity contribution in [3.63, 3.8) is 0 Å². The van der Waals surface area contributed by atoms with Crippen molar-refractivity contribution in [1.82, 2.24) is 29.1 Å². The fourth-order valence-electron chi connectivity index (χ4n) is 8.15. The van der Waals surface area contributed by atoms with E-state index < -0.39 is 0 Å². The largest absolute Gasteiger partial charge is 0.418 e. The van der Waals surface area contributed by atoms with Crippen molar-refractivity contribution in [2.75, 3.05) is 0 Å². The van der Waals surface area contributed by atoms with Crippen LogP contribution in [-0.4, -0.2) is 29.1 Å². The van der Waals surface area contributed by atoms with Gasteiger partial charge in [-0.1, -0.05) is 48.5 Å². The van der Waals surface area contributed by atoms with Gasteiger partial charge in [-0.25, -0.2) is 19.9 Å². The fourth-order valence-corrected chi connectivity index (χ4v) is 8.15. The Morgan fingerprint density at radius 1 is 0.357 bits per heavy atom. The van der Waals surface area contributed by atoms with Crippen LogP contribution in [-0.2, 0) is 0 Å². The highest BCUT2D eigenvalue weighted by Crippen LogP contribution is 2.39. The molecule has 0 saturated heterocycles. The van der Waals surface area contributed by atoms with Crippen molar-refractivity contribution in [3.8, 4) is 45.4 Å². The number of hydrogen-bond donors (Lipinski definition) is 0. The molecule has 0 aliphatic carbocycles. The topological polar surface area (TPSA) is 87.7 Å². The molecular formula is C48H28N6O2. The molecule has 56 heavy (non-hydrogen) atoms. The molecule has 12 aromatic rings. The third-order valence-corrected chi connectivity index (χ3v) is 10.8. The van der Waals surface area contributed by atoms with Gasteiger partial charge in [0.25, 0.3) is 0 Å². The standard InChI is InChI=1S/C48H28N6O2/c1-3-11-41-35(7-1)37-27-31(17-23-43(37)53(41)33-19-13-29(14-20-33)45-51-39-9-5-25-49-47(39)55-45)32-18-24-44-38(28-32)36-8-2-4-12-42(36)54(44)34-21-15-30(16-22-34)46-52-40-10-6-26-50-48(40)56-46/h1-28H. The molecule has 6 aromatic carbocycles. The Labute approximate surface area is 318 Å². The first-order valence-corrected chi connectivity index (χ1v) is 18.5. The van der Waals surface area contributed by atoms with Crippen LogP contribution in [0.5, 0.6) is 0 Å². The Morgan fingerprint density at radius 3 is 1.21 bits per heavy atom. The van der Waals surface area contributed by atoms with E-state index in [0.717, 1.165) is 66.7 Å². The summed E-state index contributed by atoms with van der Waals surface area (Å²) in [5, 5.41) is 4.80. The molecule has 6 heterocycles. The molecule has 0 atom stereocenters. The van der Waals surface area contributed by atoms with Crippen molar-refractivity contribution < 1.29 is 8.83 Å². The van der Waals surface area contributed by atoms with E-state index in [9.17, 15) is 0 Å². The minimum atomic E-state index is 0.538. The Kier molecular flexibility index (Phi) is 6.47.